The maximum Gasteiger partial charge on any atom is 0.231 e. The van der Waals surface area contributed by atoms with Gasteiger partial charge in [0.25, 0.3) is 0 Å². The number of ether oxygens (including phenoxy) is 2. The molecule has 0 saturated heterocycles. The highest BCUT2D eigenvalue weighted by atomic mass is 79.9. The molecule has 1 aromatic heterocycles. The van der Waals surface area contributed by atoms with Gasteiger partial charge >= 0.3 is 0 Å². The highest BCUT2D eigenvalue weighted by Gasteiger charge is 2.17. The first-order valence-corrected chi connectivity index (χ1v) is 13.6. The van der Waals surface area contributed by atoms with E-state index < -0.39 is 0 Å². The summed E-state index contributed by atoms with van der Waals surface area (Å²) >= 11 is 3.57. The number of imidazole rings is 1. The van der Waals surface area contributed by atoms with E-state index >= 15 is 0 Å². The maximum absolute atomic E-state index is 5.63. The van der Waals surface area contributed by atoms with Gasteiger partial charge in [-0.25, -0.2) is 4.98 Å². The molecule has 6 heteroatoms. The first-order valence-electron chi connectivity index (χ1n) is 12.8. The molecule has 0 aliphatic carbocycles. The van der Waals surface area contributed by atoms with E-state index in [4.69, 9.17) is 14.5 Å². The summed E-state index contributed by atoms with van der Waals surface area (Å²) in [6.45, 7) is 5.87. The lowest BCUT2D eigenvalue weighted by Crippen LogP contribution is -2.24. The number of benzene rings is 3. The van der Waals surface area contributed by atoms with Crippen molar-refractivity contribution in [1.29, 1.82) is 0 Å². The summed E-state index contributed by atoms with van der Waals surface area (Å²) in [5, 5.41) is 0. The van der Waals surface area contributed by atoms with E-state index in [1.54, 1.807) is 0 Å². The normalized spacial score (nSPS) is 12.6. The third-order valence-corrected chi connectivity index (χ3v) is 6.95. The van der Waals surface area contributed by atoms with Gasteiger partial charge in [0.1, 0.15) is 5.82 Å². The van der Waals surface area contributed by atoms with Crippen molar-refractivity contribution in [2.45, 2.75) is 39.4 Å². The van der Waals surface area contributed by atoms with Crippen molar-refractivity contribution < 1.29 is 9.47 Å². The molecule has 1 aliphatic rings. The van der Waals surface area contributed by atoms with Gasteiger partial charge in [0.2, 0.25) is 6.79 Å². The van der Waals surface area contributed by atoms with E-state index in [9.17, 15) is 0 Å². The lowest BCUT2D eigenvalue weighted by atomic mass is 10.1. The third kappa shape index (κ3) is 6.51. The van der Waals surface area contributed by atoms with E-state index in [1.807, 2.05) is 18.3 Å². The average Bonchev–Trinajstić information content (AvgIpc) is 3.54. The van der Waals surface area contributed by atoms with Crippen LogP contribution in [0, 0.1) is 0 Å². The summed E-state index contributed by atoms with van der Waals surface area (Å²) < 4.78 is 14.6. The minimum atomic E-state index is 0.288. The first kappa shape index (κ1) is 25.3. The summed E-state index contributed by atoms with van der Waals surface area (Å²) in [6.07, 6.45) is 8.72. The van der Waals surface area contributed by atoms with E-state index in [1.165, 1.54) is 16.8 Å². The van der Waals surface area contributed by atoms with Gasteiger partial charge in [-0.3, -0.25) is 4.90 Å². The summed E-state index contributed by atoms with van der Waals surface area (Å²) in [5.41, 5.74) is 4.75. The van der Waals surface area contributed by atoms with E-state index in [2.05, 4.69) is 105 Å². The third-order valence-electron chi connectivity index (χ3n) is 6.46. The van der Waals surface area contributed by atoms with E-state index in [0.717, 1.165) is 66.4 Å². The largest absolute Gasteiger partial charge is 0.454 e. The number of nitrogens with zero attached hydrogens (tertiary/aromatic N) is 3. The summed E-state index contributed by atoms with van der Waals surface area (Å²) in [5.74, 6) is 2.67. The molecule has 0 spiro atoms. The average molecular weight is 559 g/mol. The van der Waals surface area contributed by atoms with Crippen LogP contribution >= 0.6 is 15.9 Å². The second kappa shape index (κ2) is 12.3. The van der Waals surface area contributed by atoms with Gasteiger partial charge in [0, 0.05) is 36.2 Å². The van der Waals surface area contributed by atoms with Gasteiger partial charge in [-0.2, -0.15) is 0 Å². The molecule has 4 aromatic rings. The Labute approximate surface area is 227 Å². The molecular weight excluding hydrogens is 526 g/mol. The monoisotopic (exact) mass is 557 g/mol. The van der Waals surface area contributed by atoms with Crippen molar-refractivity contribution in [3.8, 4) is 22.9 Å². The quantitative estimate of drug-likeness (QED) is 0.191. The van der Waals surface area contributed by atoms with Crippen molar-refractivity contribution in [3.05, 3.63) is 106 Å². The maximum atomic E-state index is 5.63. The Hall–Kier alpha value is -3.35. The smallest absolute Gasteiger partial charge is 0.231 e. The topological polar surface area (TPSA) is 39.5 Å². The van der Waals surface area contributed by atoms with Crippen LogP contribution in [-0.4, -0.2) is 27.8 Å². The van der Waals surface area contributed by atoms with Crippen molar-refractivity contribution in [1.82, 2.24) is 14.5 Å². The number of unbranched alkanes of at least 4 members (excludes halogenated alkanes) is 1. The zero-order chi connectivity index (χ0) is 25.5. The summed E-state index contributed by atoms with van der Waals surface area (Å²) in [7, 11) is 0. The lowest BCUT2D eigenvalue weighted by molar-refractivity contribution is 0.174. The molecule has 0 radical (unpaired) electrons. The number of hydrogen-bond donors (Lipinski definition) is 0. The molecule has 0 amide bonds. The zero-order valence-corrected chi connectivity index (χ0v) is 22.7. The molecule has 1 aliphatic heterocycles. The van der Waals surface area contributed by atoms with Crippen LogP contribution in [0.2, 0.25) is 0 Å². The van der Waals surface area contributed by atoms with Crippen LogP contribution in [0.1, 0.15) is 36.6 Å². The molecule has 0 bridgehead atoms. The molecule has 37 heavy (non-hydrogen) atoms. The highest BCUT2D eigenvalue weighted by Crippen LogP contribution is 2.33. The Kier molecular flexibility index (Phi) is 8.39. The Balaban J connectivity index is 1.41. The SMILES string of the molecule is CCCCn1c(CN(C/C=C\c2cccc(Br)c2)Cc2ccc3c(c2)OCO3)cnc1-c1ccccc1. The Morgan fingerprint density at radius 3 is 2.68 bits per heavy atom. The molecule has 0 unspecified atom stereocenters. The van der Waals surface area contributed by atoms with Crippen LogP contribution in [0.5, 0.6) is 11.5 Å². The lowest BCUT2D eigenvalue weighted by Gasteiger charge is -2.22. The zero-order valence-electron chi connectivity index (χ0n) is 21.1. The molecule has 3 aromatic carbocycles. The van der Waals surface area contributed by atoms with Crippen molar-refractivity contribution >= 4 is 22.0 Å². The Morgan fingerprint density at radius 1 is 0.973 bits per heavy atom. The van der Waals surface area contributed by atoms with Crippen LogP contribution in [0.15, 0.2) is 89.5 Å². The first-order chi connectivity index (χ1) is 18.2. The predicted molar refractivity (Wildman–Crippen MR) is 152 cm³/mol. The van der Waals surface area contributed by atoms with Crippen LogP contribution in [0.3, 0.4) is 0 Å². The molecule has 2 heterocycles. The Morgan fingerprint density at radius 2 is 1.84 bits per heavy atom. The molecule has 190 valence electrons. The van der Waals surface area contributed by atoms with Crippen LogP contribution < -0.4 is 9.47 Å². The van der Waals surface area contributed by atoms with Gasteiger partial charge < -0.3 is 14.0 Å². The number of rotatable bonds is 11. The highest BCUT2D eigenvalue weighted by molar-refractivity contribution is 9.10. The van der Waals surface area contributed by atoms with Gasteiger partial charge in [-0.05, 0) is 41.8 Å². The molecular formula is C31H32BrN3O2. The van der Waals surface area contributed by atoms with Crippen molar-refractivity contribution in [2.24, 2.45) is 0 Å². The summed E-state index contributed by atoms with van der Waals surface area (Å²) in [6, 6.07) is 25.1. The van der Waals surface area contributed by atoms with Crippen LogP contribution in [-0.2, 0) is 19.6 Å². The van der Waals surface area contributed by atoms with E-state index in [0.29, 0.717) is 0 Å². The minimum Gasteiger partial charge on any atom is -0.454 e. The van der Waals surface area contributed by atoms with E-state index in [-0.39, 0.29) is 6.79 Å². The number of aromatic nitrogens is 2. The minimum absolute atomic E-state index is 0.288. The number of halogens is 1. The van der Waals surface area contributed by atoms with Gasteiger partial charge in [0.05, 0.1) is 11.9 Å². The Bertz CT molecular complexity index is 1350. The number of fused-ring (bicyclic) bond motifs is 1. The predicted octanol–water partition coefficient (Wildman–Crippen LogP) is 7.56. The van der Waals surface area contributed by atoms with Gasteiger partial charge in [-0.15, -0.1) is 0 Å². The fraction of sp³-hybridized carbons (Fsp3) is 0.258. The standard InChI is InChI=1S/C31H32BrN3O2/c1-2-3-17-35-28(20-33-31(35)26-11-5-4-6-12-26)22-34(16-8-10-24-9-7-13-27(32)18-24)21-25-14-15-29-30(19-25)37-23-36-29/h4-15,18-20H,2-3,16-17,21-23H2,1H3/b10-8-. The second-order valence-electron chi connectivity index (χ2n) is 9.26. The molecule has 0 fully saturated rings. The van der Waals surface area contributed by atoms with Gasteiger partial charge in [0.15, 0.2) is 11.5 Å². The van der Waals surface area contributed by atoms with Crippen LogP contribution in [0.4, 0.5) is 0 Å². The fourth-order valence-electron chi connectivity index (χ4n) is 4.58. The van der Waals surface area contributed by atoms with Gasteiger partial charge in [-0.1, -0.05) is 90.0 Å². The number of hydrogen-bond acceptors (Lipinski definition) is 4. The van der Waals surface area contributed by atoms with Crippen molar-refractivity contribution in [2.75, 3.05) is 13.3 Å². The summed E-state index contributed by atoms with van der Waals surface area (Å²) in [4.78, 5) is 7.31. The molecule has 0 saturated carbocycles. The molecule has 5 rings (SSSR count). The second-order valence-corrected chi connectivity index (χ2v) is 10.2. The van der Waals surface area contributed by atoms with Crippen molar-refractivity contribution in [3.63, 3.8) is 0 Å². The molecule has 5 nitrogen and oxygen atoms in total. The fourth-order valence-corrected chi connectivity index (χ4v) is 5.00. The molecule has 0 N–H and O–H groups in total. The molecule has 0 atom stereocenters. The van der Waals surface area contributed by atoms with Crippen LogP contribution in [0.25, 0.3) is 17.5 Å².